The number of aldehydes is 1. The second kappa shape index (κ2) is 6.17. The van der Waals surface area contributed by atoms with E-state index in [-0.39, 0.29) is 24.1 Å². The van der Waals surface area contributed by atoms with Gasteiger partial charge in [-0.25, -0.2) is 14.5 Å². The van der Waals surface area contributed by atoms with Crippen LogP contribution in [0.5, 0.6) is 0 Å². The van der Waals surface area contributed by atoms with Gasteiger partial charge in [0.25, 0.3) is 0 Å². The van der Waals surface area contributed by atoms with Crippen molar-refractivity contribution in [3.05, 3.63) is 39.8 Å². The average Bonchev–Trinajstić information content (AvgIpc) is 2.46. The fourth-order valence-corrected chi connectivity index (χ4v) is 1.91. The van der Waals surface area contributed by atoms with Crippen molar-refractivity contribution in [1.82, 2.24) is 9.66 Å². The molecule has 7 nitrogen and oxygen atoms in total. The summed E-state index contributed by atoms with van der Waals surface area (Å²) in [5.74, 6) is -0.702. The number of hydrogen-bond donors (Lipinski definition) is 1. The van der Waals surface area contributed by atoms with Gasteiger partial charge in [0, 0.05) is 11.9 Å². The summed E-state index contributed by atoms with van der Waals surface area (Å²) >= 11 is 0. The summed E-state index contributed by atoms with van der Waals surface area (Å²) in [6.07, 6.45) is 1.97. The van der Waals surface area contributed by atoms with Crippen LogP contribution in [0.2, 0.25) is 0 Å². The molecule has 0 saturated carbocycles. The molecule has 7 heteroatoms. The summed E-state index contributed by atoms with van der Waals surface area (Å²) in [7, 11) is 0. The van der Waals surface area contributed by atoms with Crippen LogP contribution in [0.3, 0.4) is 0 Å². The molecule has 0 fully saturated rings. The number of rotatable bonds is 5. The molecule has 0 spiro atoms. The highest BCUT2D eigenvalue weighted by molar-refractivity contribution is 5.93. The summed E-state index contributed by atoms with van der Waals surface area (Å²) in [5, 5.41) is 0.282. The molecule has 0 radical (unpaired) electrons. The molecular formula is C14H15N3O4. The second-order valence-corrected chi connectivity index (χ2v) is 4.32. The van der Waals surface area contributed by atoms with Crippen LogP contribution in [0.1, 0.15) is 23.0 Å². The molecule has 0 aliphatic carbocycles. The number of hydrogen-bond acceptors (Lipinski definition) is 6. The Morgan fingerprint density at radius 1 is 1.48 bits per heavy atom. The van der Waals surface area contributed by atoms with E-state index in [1.54, 1.807) is 26.0 Å². The van der Waals surface area contributed by atoms with E-state index in [0.29, 0.717) is 17.6 Å². The zero-order valence-electron chi connectivity index (χ0n) is 11.8. The summed E-state index contributed by atoms with van der Waals surface area (Å²) in [5.41, 5.74) is 3.29. The Labute approximate surface area is 120 Å². The first-order valence-electron chi connectivity index (χ1n) is 6.46. The van der Waals surface area contributed by atoms with Gasteiger partial charge in [-0.2, -0.15) is 0 Å². The van der Waals surface area contributed by atoms with Gasteiger partial charge < -0.3 is 15.0 Å². The Hall–Kier alpha value is -2.70. The lowest BCUT2D eigenvalue weighted by molar-refractivity contribution is -0.106. The molecule has 110 valence electrons. The largest absolute Gasteiger partial charge is 0.462 e. The highest BCUT2D eigenvalue weighted by Crippen LogP contribution is 2.10. The SMILES string of the molecule is CCOC(=O)c1cn(NCC=O)c2nc(C)ccc2c1=O. The van der Waals surface area contributed by atoms with Crippen molar-refractivity contribution in [1.29, 1.82) is 0 Å². The smallest absolute Gasteiger partial charge is 0.343 e. The van der Waals surface area contributed by atoms with Crippen LogP contribution in [0.15, 0.2) is 23.1 Å². The fraction of sp³-hybridized carbons (Fsp3) is 0.286. The molecular weight excluding hydrogens is 274 g/mol. The van der Waals surface area contributed by atoms with E-state index in [4.69, 9.17) is 4.74 Å². The van der Waals surface area contributed by atoms with Gasteiger partial charge >= 0.3 is 5.97 Å². The van der Waals surface area contributed by atoms with Gasteiger partial charge in [0.15, 0.2) is 5.65 Å². The molecule has 1 N–H and O–H groups in total. The second-order valence-electron chi connectivity index (χ2n) is 4.32. The molecule has 2 aromatic rings. The van der Waals surface area contributed by atoms with Crippen LogP contribution >= 0.6 is 0 Å². The van der Waals surface area contributed by atoms with Gasteiger partial charge in [-0.3, -0.25) is 4.79 Å². The lowest BCUT2D eigenvalue weighted by atomic mass is 10.2. The molecule has 0 aliphatic heterocycles. The number of nitrogens with zero attached hydrogens (tertiary/aromatic N) is 2. The minimum atomic E-state index is -0.702. The van der Waals surface area contributed by atoms with Crippen molar-refractivity contribution in [3.8, 4) is 0 Å². The van der Waals surface area contributed by atoms with E-state index in [1.165, 1.54) is 10.9 Å². The molecule has 2 heterocycles. The quantitative estimate of drug-likeness (QED) is 0.641. The number of aryl methyl sites for hydroxylation is 1. The number of carbonyl (C=O) groups is 2. The van der Waals surface area contributed by atoms with Gasteiger partial charge in [-0.1, -0.05) is 0 Å². The van der Waals surface area contributed by atoms with Crippen LogP contribution in [-0.4, -0.2) is 35.1 Å². The van der Waals surface area contributed by atoms with Crippen LogP contribution in [0, 0.1) is 6.92 Å². The molecule has 2 aromatic heterocycles. The summed E-state index contributed by atoms with van der Waals surface area (Å²) in [6.45, 7) is 3.64. The van der Waals surface area contributed by atoms with Gasteiger partial charge in [-0.15, -0.1) is 0 Å². The molecule has 0 saturated heterocycles. The summed E-state index contributed by atoms with van der Waals surface area (Å²) in [4.78, 5) is 39.0. The van der Waals surface area contributed by atoms with E-state index >= 15 is 0 Å². The van der Waals surface area contributed by atoms with Crippen molar-refractivity contribution < 1.29 is 14.3 Å². The van der Waals surface area contributed by atoms with E-state index in [1.807, 2.05) is 0 Å². The molecule has 2 rings (SSSR count). The number of esters is 1. The van der Waals surface area contributed by atoms with Crippen LogP contribution in [0.4, 0.5) is 0 Å². The standard InChI is InChI=1S/C14H15N3O4/c1-3-21-14(20)11-8-17(15-6-7-18)13-10(12(11)19)5-4-9(2)16-13/h4-5,7-8,15H,3,6H2,1-2H3. The predicted molar refractivity (Wildman–Crippen MR) is 77.0 cm³/mol. The molecule has 0 aromatic carbocycles. The zero-order valence-corrected chi connectivity index (χ0v) is 11.8. The first-order valence-corrected chi connectivity index (χ1v) is 6.46. The Morgan fingerprint density at radius 2 is 2.24 bits per heavy atom. The maximum atomic E-state index is 12.3. The average molecular weight is 289 g/mol. The van der Waals surface area contributed by atoms with Crippen molar-refractivity contribution in [3.63, 3.8) is 0 Å². The first-order chi connectivity index (χ1) is 10.1. The van der Waals surface area contributed by atoms with Crippen molar-refractivity contribution in [2.45, 2.75) is 13.8 Å². The highest BCUT2D eigenvalue weighted by atomic mass is 16.5. The Morgan fingerprint density at radius 3 is 2.90 bits per heavy atom. The van der Waals surface area contributed by atoms with E-state index in [0.717, 1.165) is 0 Å². The molecule has 0 bridgehead atoms. The van der Waals surface area contributed by atoms with E-state index in [2.05, 4.69) is 10.4 Å². The predicted octanol–water partition coefficient (Wildman–Crippen LogP) is 0.624. The minimum absolute atomic E-state index is 0.0237. The fourth-order valence-electron chi connectivity index (χ4n) is 1.91. The molecule has 21 heavy (non-hydrogen) atoms. The summed E-state index contributed by atoms with van der Waals surface area (Å²) in [6, 6.07) is 3.28. The molecule has 0 unspecified atom stereocenters. The zero-order chi connectivity index (χ0) is 15.4. The first kappa shape index (κ1) is 14.7. The van der Waals surface area contributed by atoms with Crippen molar-refractivity contribution in [2.75, 3.05) is 18.6 Å². The summed E-state index contributed by atoms with van der Waals surface area (Å²) < 4.78 is 6.26. The molecule has 0 amide bonds. The Balaban J connectivity index is 2.69. The third-order valence-corrected chi connectivity index (χ3v) is 2.83. The third-order valence-electron chi connectivity index (χ3n) is 2.83. The number of ether oxygens (including phenoxy) is 1. The van der Waals surface area contributed by atoms with E-state index < -0.39 is 11.4 Å². The monoisotopic (exact) mass is 289 g/mol. The number of carbonyl (C=O) groups excluding carboxylic acids is 2. The number of nitrogens with one attached hydrogen (secondary N) is 1. The van der Waals surface area contributed by atoms with Gasteiger partial charge in [-0.05, 0) is 26.0 Å². The molecule has 0 aliphatic rings. The van der Waals surface area contributed by atoms with E-state index in [9.17, 15) is 14.4 Å². The normalized spacial score (nSPS) is 10.4. The Bertz CT molecular complexity index is 752. The van der Waals surface area contributed by atoms with Crippen molar-refractivity contribution >= 4 is 23.3 Å². The van der Waals surface area contributed by atoms with Crippen molar-refractivity contribution in [2.24, 2.45) is 0 Å². The van der Waals surface area contributed by atoms with Crippen LogP contribution < -0.4 is 10.9 Å². The highest BCUT2D eigenvalue weighted by Gasteiger charge is 2.17. The maximum absolute atomic E-state index is 12.3. The lowest BCUT2D eigenvalue weighted by Crippen LogP contribution is -2.26. The minimum Gasteiger partial charge on any atom is -0.462 e. The van der Waals surface area contributed by atoms with Gasteiger partial charge in [0.1, 0.15) is 11.8 Å². The number of fused-ring (bicyclic) bond motifs is 1. The van der Waals surface area contributed by atoms with Crippen LogP contribution in [-0.2, 0) is 9.53 Å². The number of pyridine rings is 2. The number of aromatic nitrogens is 2. The Kier molecular flexibility index (Phi) is 4.32. The molecule has 0 atom stereocenters. The van der Waals surface area contributed by atoms with Gasteiger partial charge in [0.2, 0.25) is 5.43 Å². The maximum Gasteiger partial charge on any atom is 0.343 e. The third kappa shape index (κ3) is 2.91. The van der Waals surface area contributed by atoms with Gasteiger partial charge in [0.05, 0.1) is 18.5 Å². The topological polar surface area (TPSA) is 90.3 Å². The van der Waals surface area contributed by atoms with Crippen LogP contribution in [0.25, 0.3) is 11.0 Å². The lowest BCUT2D eigenvalue weighted by Gasteiger charge is -2.13.